The Hall–Kier alpha value is -1.22. The molecule has 1 aromatic rings. The van der Waals surface area contributed by atoms with Gasteiger partial charge in [-0.05, 0) is 0 Å². The average Bonchev–Trinajstić information content (AvgIpc) is 2.96. The van der Waals surface area contributed by atoms with Crippen LogP contribution in [0, 0.1) is 0 Å². The molecule has 11 nitrogen and oxygen atoms in total. The molecule has 1 aromatic heterocycles. The van der Waals surface area contributed by atoms with Crippen molar-refractivity contribution in [2.24, 2.45) is 0 Å². The van der Waals surface area contributed by atoms with Crippen molar-refractivity contribution in [2.45, 2.75) is 13.8 Å². The number of sulfonamides is 1. The Morgan fingerprint density at radius 1 is 1.26 bits per heavy atom. The number of rotatable bonds is 9. The molecule has 1 aliphatic heterocycles. The molecular formula is C13H24BrN6O5S2+. The lowest BCUT2D eigenvalue weighted by molar-refractivity contribution is -0.768. The summed E-state index contributed by atoms with van der Waals surface area (Å²) in [6.45, 7) is 9.12. The smallest absolute Gasteiger partial charge is 0.278 e. The zero-order valence-electron chi connectivity index (χ0n) is 15.2. The number of nitrogens with one attached hydrogen (secondary N) is 1. The van der Waals surface area contributed by atoms with Crippen molar-refractivity contribution in [3.8, 4) is 0 Å². The third-order valence-corrected chi connectivity index (χ3v) is 8.03. The largest absolute Gasteiger partial charge is 0.373 e. The number of anilines is 1. The van der Waals surface area contributed by atoms with Crippen LogP contribution in [-0.2, 0) is 20.2 Å². The van der Waals surface area contributed by atoms with Crippen LogP contribution in [0.1, 0.15) is 13.8 Å². The highest BCUT2D eigenvalue weighted by Crippen LogP contribution is 2.19. The summed E-state index contributed by atoms with van der Waals surface area (Å²) in [6, 6.07) is 0. The Labute approximate surface area is 167 Å². The molecule has 14 heteroatoms. The second-order valence-electron chi connectivity index (χ2n) is 5.70. The van der Waals surface area contributed by atoms with Crippen molar-refractivity contribution in [2.75, 3.05) is 54.8 Å². The minimum absolute atomic E-state index is 0.0601. The Morgan fingerprint density at radius 3 is 2.37 bits per heavy atom. The molecule has 0 radical (unpaired) electrons. The molecule has 0 aliphatic carbocycles. The monoisotopic (exact) mass is 487 g/mol. The van der Waals surface area contributed by atoms with Crippen LogP contribution in [0.25, 0.3) is 0 Å². The predicted octanol–water partition coefficient (Wildman–Crippen LogP) is -0.507. The summed E-state index contributed by atoms with van der Waals surface area (Å²) in [5, 5.41) is 5.59. The van der Waals surface area contributed by atoms with Crippen LogP contribution in [0.2, 0.25) is 0 Å². The third kappa shape index (κ3) is 4.99. The maximum Gasteiger partial charge on any atom is 0.373 e. The van der Waals surface area contributed by atoms with E-state index in [9.17, 15) is 16.8 Å². The van der Waals surface area contributed by atoms with Crippen molar-refractivity contribution in [3.05, 3.63) is 17.3 Å². The van der Waals surface area contributed by atoms with E-state index in [0.717, 1.165) is 0 Å². The Kier molecular flexibility index (Phi) is 7.24. The topological polar surface area (TPSA) is 120 Å². The lowest BCUT2D eigenvalue weighted by Gasteiger charge is -2.32. The first-order chi connectivity index (χ1) is 12.7. The van der Waals surface area contributed by atoms with E-state index in [4.69, 9.17) is 4.52 Å². The summed E-state index contributed by atoms with van der Waals surface area (Å²) in [5.41, 5.74) is 0. The van der Waals surface area contributed by atoms with Gasteiger partial charge in [0.1, 0.15) is 0 Å². The molecule has 2 heterocycles. The first-order valence-electron chi connectivity index (χ1n) is 8.35. The molecule has 1 aliphatic rings. The van der Waals surface area contributed by atoms with Crippen LogP contribution in [0.5, 0.6) is 0 Å². The highest BCUT2D eigenvalue weighted by molar-refractivity contribution is 9.10. The zero-order valence-corrected chi connectivity index (χ0v) is 18.4. The van der Waals surface area contributed by atoms with E-state index in [1.807, 2.05) is 0 Å². The predicted molar refractivity (Wildman–Crippen MR) is 103 cm³/mol. The van der Waals surface area contributed by atoms with Gasteiger partial charge in [0.15, 0.2) is 0 Å². The Bertz CT molecular complexity index is 860. The fraction of sp³-hybridized carbons (Fsp3) is 0.692. The number of halogens is 1. The van der Waals surface area contributed by atoms with Crippen LogP contribution in [0.15, 0.2) is 21.8 Å². The van der Waals surface area contributed by atoms with Crippen molar-refractivity contribution < 1.29 is 26.1 Å². The fourth-order valence-electron chi connectivity index (χ4n) is 2.63. The van der Waals surface area contributed by atoms with Crippen LogP contribution in [0.3, 0.4) is 0 Å². The van der Waals surface area contributed by atoms with Gasteiger partial charge in [0.25, 0.3) is 10.2 Å². The van der Waals surface area contributed by atoms with Crippen LogP contribution >= 0.6 is 15.9 Å². The van der Waals surface area contributed by atoms with Gasteiger partial charge in [-0.25, -0.2) is 13.1 Å². The van der Waals surface area contributed by atoms with E-state index < -0.39 is 20.2 Å². The van der Waals surface area contributed by atoms with Gasteiger partial charge in [0.05, 0.1) is 23.6 Å². The first-order valence-corrected chi connectivity index (χ1v) is 12.2. The second kappa shape index (κ2) is 8.86. The summed E-state index contributed by atoms with van der Waals surface area (Å²) < 4.78 is 59.3. The fourth-order valence-corrected chi connectivity index (χ4v) is 5.64. The van der Waals surface area contributed by atoms with Crippen molar-refractivity contribution in [3.63, 3.8) is 0 Å². The molecule has 0 spiro atoms. The summed E-state index contributed by atoms with van der Waals surface area (Å²) in [7, 11) is -7.12. The van der Waals surface area contributed by atoms with E-state index >= 15 is 0 Å². The Balaban J connectivity index is 2.08. The minimum Gasteiger partial charge on any atom is -0.278 e. The van der Waals surface area contributed by atoms with E-state index in [1.165, 1.54) is 19.5 Å². The molecule has 0 bridgehead atoms. The Morgan fingerprint density at radius 2 is 1.85 bits per heavy atom. The lowest BCUT2D eigenvalue weighted by atomic mass is 10.4. The number of piperazine rings is 1. The molecular weight excluding hydrogens is 464 g/mol. The van der Waals surface area contributed by atoms with Gasteiger partial charge in [-0.1, -0.05) is 19.9 Å². The van der Waals surface area contributed by atoms with Gasteiger partial charge in [0, 0.05) is 42.1 Å². The third-order valence-electron chi connectivity index (χ3n) is 4.00. The highest BCUT2D eigenvalue weighted by atomic mass is 79.9. The SMILES string of the molecule is C=CCS(=O)(=O)Nc1on[n+](N2CCN(S(=O)(=O)N(CC)CC)CC2)c1Br. The molecule has 0 atom stereocenters. The molecule has 1 saturated heterocycles. The minimum atomic E-state index is -3.62. The molecule has 2 rings (SSSR count). The van der Waals surface area contributed by atoms with Gasteiger partial charge in [-0.2, -0.15) is 17.0 Å². The van der Waals surface area contributed by atoms with Gasteiger partial charge in [-0.3, -0.25) is 4.52 Å². The molecule has 0 unspecified atom stereocenters. The second-order valence-corrected chi connectivity index (χ2v) is 10.1. The van der Waals surface area contributed by atoms with E-state index in [-0.39, 0.29) is 29.3 Å². The zero-order chi connectivity index (χ0) is 20.2. The maximum absolute atomic E-state index is 12.6. The molecule has 0 aromatic carbocycles. The van der Waals surface area contributed by atoms with Crippen molar-refractivity contribution in [1.29, 1.82) is 0 Å². The van der Waals surface area contributed by atoms with Crippen LogP contribution in [0.4, 0.5) is 5.88 Å². The van der Waals surface area contributed by atoms with E-state index in [2.05, 4.69) is 32.5 Å². The summed E-state index contributed by atoms with van der Waals surface area (Å²) in [5.74, 6) is -0.322. The summed E-state index contributed by atoms with van der Waals surface area (Å²) in [4.78, 5) is 1.37. The van der Waals surface area contributed by atoms with Crippen molar-refractivity contribution >= 4 is 42.0 Å². The molecule has 1 N–H and O–H groups in total. The molecule has 0 saturated carbocycles. The van der Waals surface area contributed by atoms with Gasteiger partial charge < -0.3 is 0 Å². The van der Waals surface area contributed by atoms with E-state index in [0.29, 0.717) is 26.2 Å². The summed E-state index contributed by atoms with van der Waals surface area (Å²) >= 11 is 3.26. The van der Waals surface area contributed by atoms with Gasteiger partial charge >= 0.3 is 10.5 Å². The normalized spacial score (nSPS) is 16.7. The van der Waals surface area contributed by atoms with E-state index in [1.54, 1.807) is 18.9 Å². The number of hydrogen-bond acceptors (Lipinski definition) is 7. The molecule has 154 valence electrons. The number of nitrogens with zero attached hydrogens (tertiary/aromatic N) is 5. The molecule has 27 heavy (non-hydrogen) atoms. The lowest BCUT2D eigenvalue weighted by Crippen LogP contribution is -2.67. The van der Waals surface area contributed by atoms with Crippen LogP contribution < -0.4 is 14.5 Å². The van der Waals surface area contributed by atoms with Gasteiger partial charge in [-0.15, -0.1) is 11.6 Å². The number of hydrogen-bond donors (Lipinski definition) is 1. The quantitative estimate of drug-likeness (QED) is 0.367. The maximum atomic E-state index is 12.6. The molecule has 0 amide bonds. The van der Waals surface area contributed by atoms with Crippen molar-refractivity contribution in [1.82, 2.24) is 13.9 Å². The highest BCUT2D eigenvalue weighted by Gasteiger charge is 2.37. The number of aromatic nitrogens is 2. The standard InChI is InChI=1S/C13H24BrN6O5S2/c1-4-11-26(21,22)15-13-12(14)20(16-25-13)17-7-9-19(10-8-17)27(23,24)18(5-2)6-3/h4,15H,1,5-11H2,2-3H3/q+1. The van der Waals surface area contributed by atoms with Gasteiger partial charge in [0.2, 0.25) is 15.3 Å². The average molecular weight is 488 g/mol. The summed E-state index contributed by atoms with van der Waals surface area (Å²) in [6.07, 6.45) is 1.26. The first kappa shape index (κ1) is 22.1. The van der Waals surface area contributed by atoms with Crippen LogP contribution in [-0.4, -0.2) is 75.7 Å². The molecule has 1 fully saturated rings.